The monoisotopic (exact) mass is 175 g/mol. The fraction of sp³-hybridized carbons (Fsp3) is 0.125. The summed E-state index contributed by atoms with van der Waals surface area (Å²) in [6, 6.07) is 0. The predicted molar refractivity (Wildman–Crippen MR) is 47.9 cm³/mol. The minimum atomic E-state index is 0.704. The molecule has 0 atom stereocenters. The molecule has 2 rings (SSSR count). The molecule has 0 aliphatic carbocycles. The van der Waals surface area contributed by atoms with Crippen molar-refractivity contribution in [1.29, 1.82) is 0 Å². The molecular formula is C8H9N5. The van der Waals surface area contributed by atoms with Crippen molar-refractivity contribution in [2.45, 2.75) is 6.54 Å². The summed E-state index contributed by atoms with van der Waals surface area (Å²) in [5.41, 5.74) is 1.09. The Bertz CT molecular complexity index is 342. The zero-order chi connectivity index (χ0) is 8.93. The van der Waals surface area contributed by atoms with Crippen LogP contribution in [0.15, 0.2) is 31.0 Å². The van der Waals surface area contributed by atoms with E-state index < -0.39 is 0 Å². The topological polar surface area (TPSA) is 66.5 Å². The van der Waals surface area contributed by atoms with Gasteiger partial charge in [0.05, 0.1) is 12.4 Å². The Labute approximate surface area is 75.2 Å². The van der Waals surface area contributed by atoms with Crippen molar-refractivity contribution < 1.29 is 0 Å². The lowest BCUT2D eigenvalue weighted by Crippen LogP contribution is -2.00. The highest BCUT2D eigenvalue weighted by molar-refractivity contribution is 5.30. The molecule has 5 heteroatoms. The molecule has 5 nitrogen and oxygen atoms in total. The van der Waals surface area contributed by atoms with Crippen LogP contribution in [0.3, 0.4) is 0 Å². The highest BCUT2D eigenvalue weighted by Crippen LogP contribution is 2.01. The van der Waals surface area contributed by atoms with Gasteiger partial charge in [0.2, 0.25) is 0 Å². The number of nitrogens with zero attached hydrogens (tertiary/aromatic N) is 3. The molecule has 0 saturated carbocycles. The van der Waals surface area contributed by atoms with Gasteiger partial charge in [0.25, 0.3) is 0 Å². The second-order valence-electron chi connectivity index (χ2n) is 2.55. The first-order valence-electron chi connectivity index (χ1n) is 3.93. The first kappa shape index (κ1) is 7.72. The van der Waals surface area contributed by atoms with Crippen LogP contribution in [0, 0.1) is 0 Å². The number of rotatable bonds is 3. The molecule has 0 spiro atoms. The first-order valence-corrected chi connectivity index (χ1v) is 3.93. The van der Waals surface area contributed by atoms with E-state index in [1.165, 1.54) is 0 Å². The second-order valence-corrected chi connectivity index (χ2v) is 2.55. The molecule has 0 fully saturated rings. The molecule has 0 aliphatic heterocycles. The molecule has 2 N–H and O–H groups in total. The standard InChI is InChI=1S/C8H9N5/c1-2-10-8(6-9-1)11-3-7-4-12-13-5-7/h1-2,4-6H,3H2,(H,10,11)(H,12,13). The van der Waals surface area contributed by atoms with Gasteiger partial charge in [-0.2, -0.15) is 5.10 Å². The summed E-state index contributed by atoms with van der Waals surface area (Å²) < 4.78 is 0. The van der Waals surface area contributed by atoms with Gasteiger partial charge in [0.1, 0.15) is 5.82 Å². The van der Waals surface area contributed by atoms with Crippen molar-refractivity contribution in [2.75, 3.05) is 5.32 Å². The van der Waals surface area contributed by atoms with E-state index in [-0.39, 0.29) is 0 Å². The highest BCUT2D eigenvalue weighted by Gasteiger charge is 1.94. The van der Waals surface area contributed by atoms with Gasteiger partial charge in [-0.3, -0.25) is 10.1 Å². The Hall–Kier alpha value is -1.91. The van der Waals surface area contributed by atoms with Crippen molar-refractivity contribution in [1.82, 2.24) is 20.2 Å². The molecule has 0 aliphatic rings. The van der Waals surface area contributed by atoms with Crippen molar-refractivity contribution in [2.24, 2.45) is 0 Å². The van der Waals surface area contributed by atoms with E-state index in [0.717, 1.165) is 11.4 Å². The van der Waals surface area contributed by atoms with Crippen LogP contribution in [0.5, 0.6) is 0 Å². The third-order valence-electron chi connectivity index (χ3n) is 1.59. The van der Waals surface area contributed by atoms with E-state index in [1.807, 2.05) is 6.20 Å². The van der Waals surface area contributed by atoms with Gasteiger partial charge in [-0.1, -0.05) is 0 Å². The molecule has 0 aromatic carbocycles. The Morgan fingerprint density at radius 2 is 2.31 bits per heavy atom. The fourth-order valence-electron chi connectivity index (χ4n) is 0.957. The van der Waals surface area contributed by atoms with Gasteiger partial charge in [0, 0.05) is 30.7 Å². The molecule has 0 amide bonds. The smallest absolute Gasteiger partial charge is 0.144 e. The number of hydrogen-bond donors (Lipinski definition) is 2. The van der Waals surface area contributed by atoms with Gasteiger partial charge in [-0.15, -0.1) is 0 Å². The summed E-state index contributed by atoms with van der Waals surface area (Å²) in [6.07, 6.45) is 8.58. The number of anilines is 1. The number of H-pyrrole nitrogens is 1. The SMILES string of the molecule is c1cnc(NCc2cn[nH]c2)cn1. The molecule has 0 bridgehead atoms. The largest absolute Gasteiger partial charge is 0.365 e. The predicted octanol–water partition coefficient (Wildman–Crippen LogP) is 0.812. The van der Waals surface area contributed by atoms with Gasteiger partial charge in [0.15, 0.2) is 0 Å². The van der Waals surface area contributed by atoms with Crippen molar-refractivity contribution in [3.8, 4) is 0 Å². The van der Waals surface area contributed by atoms with Crippen molar-refractivity contribution in [3.63, 3.8) is 0 Å². The Balaban J connectivity index is 1.94. The lowest BCUT2D eigenvalue weighted by molar-refractivity contribution is 1.09. The summed E-state index contributed by atoms with van der Waals surface area (Å²) in [6.45, 7) is 0.704. The van der Waals surface area contributed by atoms with E-state index in [0.29, 0.717) is 6.54 Å². The van der Waals surface area contributed by atoms with Crippen LogP contribution in [0.25, 0.3) is 0 Å². The van der Waals surface area contributed by atoms with Gasteiger partial charge in [-0.05, 0) is 0 Å². The minimum Gasteiger partial charge on any atom is -0.365 e. The van der Waals surface area contributed by atoms with Crippen LogP contribution in [0.4, 0.5) is 5.82 Å². The third-order valence-corrected chi connectivity index (χ3v) is 1.59. The average Bonchev–Trinajstić information content (AvgIpc) is 2.69. The van der Waals surface area contributed by atoms with Crippen LogP contribution in [0.2, 0.25) is 0 Å². The van der Waals surface area contributed by atoms with Crippen LogP contribution in [-0.2, 0) is 6.54 Å². The van der Waals surface area contributed by atoms with Crippen molar-refractivity contribution >= 4 is 5.82 Å². The number of hydrogen-bond acceptors (Lipinski definition) is 4. The highest BCUT2D eigenvalue weighted by atomic mass is 15.1. The summed E-state index contributed by atoms with van der Waals surface area (Å²) in [5.74, 6) is 0.767. The van der Waals surface area contributed by atoms with Crippen LogP contribution in [0.1, 0.15) is 5.56 Å². The van der Waals surface area contributed by atoms with Crippen LogP contribution < -0.4 is 5.32 Å². The maximum Gasteiger partial charge on any atom is 0.144 e. The molecule has 0 radical (unpaired) electrons. The molecule has 0 saturated heterocycles. The molecule has 0 unspecified atom stereocenters. The second kappa shape index (κ2) is 3.66. The summed E-state index contributed by atoms with van der Waals surface area (Å²) >= 11 is 0. The normalized spacial score (nSPS) is 9.85. The maximum absolute atomic E-state index is 4.07. The number of nitrogens with one attached hydrogen (secondary N) is 2. The third kappa shape index (κ3) is 2.02. The number of aromatic nitrogens is 4. The van der Waals surface area contributed by atoms with Gasteiger partial charge >= 0.3 is 0 Å². The molecule has 13 heavy (non-hydrogen) atoms. The maximum atomic E-state index is 4.07. The molecular weight excluding hydrogens is 166 g/mol. The van der Waals surface area contributed by atoms with Crippen LogP contribution in [-0.4, -0.2) is 20.2 Å². The summed E-state index contributed by atoms with van der Waals surface area (Å²) in [7, 11) is 0. The Morgan fingerprint density at radius 3 is 3.00 bits per heavy atom. The van der Waals surface area contributed by atoms with Gasteiger partial charge < -0.3 is 5.32 Å². The zero-order valence-electron chi connectivity index (χ0n) is 6.94. The summed E-state index contributed by atoms with van der Waals surface area (Å²) in [5, 5.41) is 9.69. The van der Waals surface area contributed by atoms with Gasteiger partial charge in [-0.25, -0.2) is 4.98 Å². The molecule has 2 heterocycles. The van der Waals surface area contributed by atoms with Crippen LogP contribution >= 0.6 is 0 Å². The number of aromatic amines is 1. The van der Waals surface area contributed by atoms with E-state index in [4.69, 9.17) is 0 Å². The zero-order valence-corrected chi connectivity index (χ0v) is 6.94. The average molecular weight is 175 g/mol. The van der Waals surface area contributed by atoms with E-state index in [9.17, 15) is 0 Å². The lowest BCUT2D eigenvalue weighted by Gasteiger charge is -2.00. The molecule has 66 valence electrons. The summed E-state index contributed by atoms with van der Waals surface area (Å²) in [4.78, 5) is 8.01. The Morgan fingerprint density at radius 1 is 1.31 bits per heavy atom. The van der Waals surface area contributed by atoms with E-state index in [1.54, 1.807) is 24.8 Å². The minimum absolute atomic E-state index is 0.704. The quantitative estimate of drug-likeness (QED) is 0.724. The van der Waals surface area contributed by atoms with E-state index >= 15 is 0 Å². The van der Waals surface area contributed by atoms with E-state index in [2.05, 4.69) is 25.5 Å². The Kier molecular flexibility index (Phi) is 2.18. The van der Waals surface area contributed by atoms with Crippen molar-refractivity contribution in [3.05, 3.63) is 36.5 Å². The molecule has 2 aromatic heterocycles. The molecule has 2 aromatic rings. The lowest BCUT2D eigenvalue weighted by atomic mass is 10.4. The fourth-order valence-corrected chi connectivity index (χ4v) is 0.957. The first-order chi connectivity index (χ1) is 6.45.